The van der Waals surface area contributed by atoms with Crippen molar-refractivity contribution in [1.29, 1.82) is 0 Å². The summed E-state index contributed by atoms with van der Waals surface area (Å²) in [5.41, 5.74) is 4.30. The van der Waals surface area contributed by atoms with Gasteiger partial charge in [0.2, 0.25) is 5.95 Å². The molecular weight excluding hydrogens is 380 g/mol. The van der Waals surface area contributed by atoms with Gasteiger partial charge in [-0.3, -0.25) is 9.69 Å². The molecule has 2 aromatic carbocycles. The molecule has 0 N–H and O–H groups in total. The summed E-state index contributed by atoms with van der Waals surface area (Å²) < 4.78 is 2.12. The summed E-state index contributed by atoms with van der Waals surface area (Å²) >= 11 is 1.62. The Morgan fingerprint density at radius 2 is 1.72 bits per heavy atom. The molecule has 0 atom stereocenters. The fourth-order valence-electron chi connectivity index (χ4n) is 4.03. The smallest absolute Gasteiger partial charge is 0.261 e. The second-order valence-electron chi connectivity index (χ2n) is 7.06. The fraction of sp³-hybridized carbons (Fsp3) is 0.0870. The van der Waals surface area contributed by atoms with Crippen LogP contribution in [-0.2, 0) is 6.54 Å². The second kappa shape index (κ2) is 6.25. The van der Waals surface area contributed by atoms with Gasteiger partial charge in [-0.05, 0) is 35.7 Å². The van der Waals surface area contributed by atoms with Crippen LogP contribution in [0, 0.1) is 0 Å². The number of imidazole rings is 1. The van der Waals surface area contributed by atoms with Crippen molar-refractivity contribution in [1.82, 2.24) is 14.5 Å². The minimum Gasteiger partial charge on any atom is -0.308 e. The molecule has 6 rings (SSSR count). The summed E-state index contributed by atoms with van der Waals surface area (Å²) in [5.74, 6) is 0.685. The molecule has 1 aliphatic rings. The summed E-state index contributed by atoms with van der Waals surface area (Å²) in [6.45, 7) is 1.37. The van der Waals surface area contributed by atoms with Crippen LogP contribution in [0.5, 0.6) is 0 Å². The van der Waals surface area contributed by atoms with Crippen molar-refractivity contribution in [3.05, 3.63) is 77.7 Å². The van der Waals surface area contributed by atoms with E-state index >= 15 is 0 Å². The molecule has 0 fully saturated rings. The molecule has 5 nitrogen and oxygen atoms in total. The molecule has 0 bridgehead atoms. The molecule has 1 aliphatic heterocycles. The maximum atomic E-state index is 13.7. The number of benzene rings is 2. The van der Waals surface area contributed by atoms with Gasteiger partial charge >= 0.3 is 0 Å². The molecule has 0 spiro atoms. The number of thiophene rings is 1. The zero-order valence-electron chi connectivity index (χ0n) is 15.4. The van der Waals surface area contributed by atoms with Gasteiger partial charge in [0, 0.05) is 18.5 Å². The zero-order chi connectivity index (χ0) is 19.4. The highest BCUT2D eigenvalue weighted by molar-refractivity contribution is 7.13. The van der Waals surface area contributed by atoms with Gasteiger partial charge < -0.3 is 4.57 Å². The monoisotopic (exact) mass is 396 g/mol. The predicted molar refractivity (Wildman–Crippen MR) is 116 cm³/mol. The summed E-state index contributed by atoms with van der Waals surface area (Å²) in [4.78, 5) is 26.0. The van der Waals surface area contributed by atoms with Crippen LogP contribution in [0.25, 0.3) is 32.5 Å². The average molecular weight is 396 g/mol. The Balaban J connectivity index is 1.52. The van der Waals surface area contributed by atoms with Gasteiger partial charge in [-0.1, -0.05) is 36.4 Å². The van der Waals surface area contributed by atoms with E-state index in [1.54, 1.807) is 16.2 Å². The molecule has 1 amide bonds. The largest absolute Gasteiger partial charge is 0.308 e. The summed E-state index contributed by atoms with van der Waals surface area (Å²) in [7, 11) is 0. The molecule has 0 unspecified atom stereocenters. The highest BCUT2D eigenvalue weighted by atomic mass is 32.1. The Morgan fingerprint density at radius 3 is 2.59 bits per heavy atom. The van der Waals surface area contributed by atoms with Gasteiger partial charge in [-0.25, -0.2) is 9.97 Å². The minimum atomic E-state index is -0.0320. The number of carbonyl (C=O) groups is 1. The minimum absolute atomic E-state index is 0.0320. The van der Waals surface area contributed by atoms with Crippen molar-refractivity contribution in [2.24, 2.45) is 0 Å². The van der Waals surface area contributed by atoms with Crippen molar-refractivity contribution < 1.29 is 4.79 Å². The third kappa shape index (κ3) is 2.49. The first-order valence-corrected chi connectivity index (χ1v) is 10.4. The molecule has 0 radical (unpaired) electrons. The zero-order valence-corrected chi connectivity index (χ0v) is 16.3. The van der Waals surface area contributed by atoms with Crippen molar-refractivity contribution >= 4 is 45.1 Å². The Morgan fingerprint density at radius 1 is 0.897 bits per heavy atom. The molecule has 0 saturated heterocycles. The number of hydrogen-bond donors (Lipinski definition) is 0. The third-order valence-corrected chi connectivity index (χ3v) is 6.28. The van der Waals surface area contributed by atoms with Gasteiger partial charge in [-0.15, -0.1) is 11.3 Å². The van der Waals surface area contributed by atoms with E-state index in [1.807, 2.05) is 66.0 Å². The lowest BCUT2D eigenvalue weighted by atomic mass is 10.1. The maximum absolute atomic E-state index is 13.7. The van der Waals surface area contributed by atoms with E-state index in [0.717, 1.165) is 45.0 Å². The number of anilines is 1. The SMILES string of the molecule is O=C(c1cc(-c2cccs2)nc2ccccc12)N1CCn2c1nc1ccccc12. The normalized spacial score (nSPS) is 13.3. The number of nitrogens with zero attached hydrogens (tertiary/aromatic N) is 4. The highest BCUT2D eigenvalue weighted by Gasteiger charge is 2.30. The Labute approximate surface area is 170 Å². The van der Waals surface area contributed by atoms with Gasteiger partial charge in [-0.2, -0.15) is 0 Å². The topological polar surface area (TPSA) is 51.0 Å². The van der Waals surface area contributed by atoms with Crippen molar-refractivity contribution in [3.8, 4) is 10.6 Å². The van der Waals surface area contributed by atoms with E-state index in [4.69, 9.17) is 9.97 Å². The van der Waals surface area contributed by atoms with Crippen LogP contribution < -0.4 is 4.90 Å². The Hall–Kier alpha value is -3.51. The molecule has 0 aliphatic carbocycles. The summed E-state index contributed by atoms with van der Waals surface area (Å²) in [5, 5.41) is 2.89. The lowest BCUT2D eigenvalue weighted by Gasteiger charge is -2.16. The lowest BCUT2D eigenvalue weighted by Crippen LogP contribution is -2.29. The number of carbonyl (C=O) groups excluding carboxylic acids is 1. The van der Waals surface area contributed by atoms with Gasteiger partial charge in [0.05, 0.1) is 32.7 Å². The van der Waals surface area contributed by atoms with Gasteiger partial charge in [0.15, 0.2) is 0 Å². The first-order valence-electron chi connectivity index (χ1n) is 9.50. The Bertz CT molecular complexity index is 1390. The lowest BCUT2D eigenvalue weighted by molar-refractivity contribution is 0.0990. The number of amides is 1. The number of aromatic nitrogens is 3. The second-order valence-corrected chi connectivity index (χ2v) is 8.01. The number of hydrogen-bond acceptors (Lipinski definition) is 4. The van der Waals surface area contributed by atoms with E-state index in [9.17, 15) is 4.79 Å². The molecule has 4 heterocycles. The van der Waals surface area contributed by atoms with Crippen LogP contribution in [0.3, 0.4) is 0 Å². The fourth-order valence-corrected chi connectivity index (χ4v) is 4.72. The molecule has 5 aromatic rings. The summed E-state index contributed by atoms with van der Waals surface area (Å²) in [6.07, 6.45) is 0. The van der Waals surface area contributed by atoms with Crippen LogP contribution in [0.4, 0.5) is 5.95 Å². The Kier molecular flexibility index (Phi) is 3.55. The maximum Gasteiger partial charge on any atom is 0.261 e. The first kappa shape index (κ1) is 16.4. The van der Waals surface area contributed by atoms with Gasteiger partial charge in [0.25, 0.3) is 5.91 Å². The van der Waals surface area contributed by atoms with Crippen LogP contribution in [-0.4, -0.2) is 27.0 Å². The number of fused-ring (bicyclic) bond motifs is 4. The average Bonchev–Trinajstić information content (AvgIpc) is 3.49. The molecule has 140 valence electrons. The van der Waals surface area contributed by atoms with Crippen LogP contribution in [0.15, 0.2) is 72.1 Å². The molecular formula is C23H16N4OS. The molecule has 3 aromatic heterocycles. The standard InChI is InChI=1S/C23H16N4OS/c28-22(27-12-11-26-20-9-4-3-8-18(20)25-23(26)27)16-14-19(21-10-5-13-29-21)24-17-7-2-1-6-15(16)17/h1-10,13-14H,11-12H2. The van der Waals surface area contributed by atoms with Crippen LogP contribution in [0.1, 0.15) is 10.4 Å². The van der Waals surface area contributed by atoms with E-state index in [-0.39, 0.29) is 5.91 Å². The number of rotatable bonds is 2. The number of pyridine rings is 1. The highest BCUT2D eigenvalue weighted by Crippen LogP contribution is 2.32. The number of para-hydroxylation sites is 3. The van der Waals surface area contributed by atoms with E-state index in [1.165, 1.54) is 0 Å². The molecule has 6 heteroatoms. The quantitative estimate of drug-likeness (QED) is 0.423. The van der Waals surface area contributed by atoms with Crippen LogP contribution in [0.2, 0.25) is 0 Å². The van der Waals surface area contributed by atoms with Crippen molar-refractivity contribution in [3.63, 3.8) is 0 Å². The first-order chi connectivity index (χ1) is 14.3. The molecule has 0 saturated carbocycles. The summed E-state index contributed by atoms with van der Waals surface area (Å²) in [6, 6.07) is 21.8. The predicted octanol–water partition coefficient (Wildman–Crippen LogP) is 4.97. The van der Waals surface area contributed by atoms with E-state index < -0.39 is 0 Å². The van der Waals surface area contributed by atoms with Crippen LogP contribution >= 0.6 is 11.3 Å². The van der Waals surface area contributed by atoms with E-state index in [2.05, 4.69) is 10.6 Å². The van der Waals surface area contributed by atoms with Crippen molar-refractivity contribution in [2.75, 3.05) is 11.4 Å². The van der Waals surface area contributed by atoms with Gasteiger partial charge in [0.1, 0.15) is 0 Å². The van der Waals surface area contributed by atoms with E-state index in [0.29, 0.717) is 12.1 Å². The van der Waals surface area contributed by atoms with Crippen molar-refractivity contribution in [2.45, 2.75) is 6.54 Å². The third-order valence-electron chi connectivity index (χ3n) is 5.39. The molecule has 29 heavy (non-hydrogen) atoms.